The van der Waals surface area contributed by atoms with Crippen molar-refractivity contribution in [3.05, 3.63) is 70.3 Å². The predicted octanol–water partition coefficient (Wildman–Crippen LogP) is 3.57. The van der Waals surface area contributed by atoms with Crippen LogP contribution in [0.25, 0.3) is 0 Å². The molecule has 29 heavy (non-hydrogen) atoms. The zero-order valence-corrected chi connectivity index (χ0v) is 17.1. The maximum absolute atomic E-state index is 13.0. The Morgan fingerprint density at radius 1 is 0.862 bits per heavy atom. The van der Waals surface area contributed by atoms with Crippen LogP contribution >= 0.6 is 0 Å². The van der Waals surface area contributed by atoms with Gasteiger partial charge in [0.15, 0.2) is 5.78 Å². The molecule has 1 aliphatic rings. The first kappa shape index (κ1) is 20.8. The number of carbonyl (C=O) groups excluding carboxylic acids is 3. The minimum Gasteiger partial charge on any atom is -0.354 e. The van der Waals surface area contributed by atoms with Crippen molar-refractivity contribution >= 4 is 17.6 Å². The molecule has 2 aromatic rings. The molecule has 5 heteroatoms. The van der Waals surface area contributed by atoms with Crippen molar-refractivity contribution in [3.63, 3.8) is 0 Å². The van der Waals surface area contributed by atoms with Crippen molar-refractivity contribution in [2.45, 2.75) is 39.5 Å². The van der Waals surface area contributed by atoms with Gasteiger partial charge in [0.1, 0.15) is 0 Å². The van der Waals surface area contributed by atoms with Gasteiger partial charge in [-0.2, -0.15) is 0 Å². The number of hydrogen-bond acceptors (Lipinski definition) is 3. The monoisotopic (exact) mass is 392 g/mol. The molecule has 152 valence electrons. The first-order valence-corrected chi connectivity index (χ1v) is 10.2. The Labute approximate surface area is 171 Å². The summed E-state index contributed by atoms with van der Waals surface area (Å²) in [4.78, 5) is 37.7. The van der Waals surface area contributed by atoms with E-state index in [1.807, 2.05) is 26.0 Å². The van der Waals surface area contributed by atoms with E-state index in [-0.39, 0.29) is 23.5 Å². The first-order chi connectivity index (χ1) is 14.0. The second-order valence-corrected chi connectivity index (χ2v) is 7.70. The predicted molar refractivity (Wildman–Crippen MR) is 113 cm³/mol. The summed E-state index contributed by atoms with van der Waals surface area (Å²) in [7, 11) is 0. The summed E-state index contributed by atoms with van der Waals surface area (Å²) in [5.74, 6) is -0.301. The van der Waals surface area contributed by atoms with E-state index in [4.69, 9.17) is 0 Å². The standard InChI is InChI=1S/C24H28N2O3/c1-16-11-12-19(15-17(16)2)22(27)20-9-5-6-10-21(20)24(29)26-14-13-25-23(28)18-7-3-4-8-18/h5-6,9-12,15,18H,3-4,7-8,13-14H2,1-2H3,(H,25,28)(H,26,29). The van der Waals surface area contributed by atoms with Gasteiger partial charge in [0.05, 0.1) is 5.56 Å². The van der Waals surface area contributed by atoms with Crippen LogP contribution in [0.15, 0.2) is 42.5 Å². The molecule has 0 spiro atoms. The SMILES string of the molecule is Cc1ccc(C(=O)c2ccccc2C(=O)NCCNC(=O)C2CCCC2)cc1C. The zero-order valence-electron chi connectivity index (χ0n) is 17.1. The van der Waals surface area contributed by atoms with Crippen molar-refractivity contribution in [3.8, 4) is 0 Å². The minimum absolute atomic E-state index is 0.0714. The fraction of sp³-hybridized carbons (Fsp3) is 0.375. The lowest BCUT2D eigenvalue weighted by atomic mass is 9.95. The number of ketones is 1. The van der Waals surface area contributed by atoms with Crippen LogP contribution in [0.3, 0.4) is 0 Å². The summed E-state index contributed by atoms with van der Waals surface area (Å²) in [6, 6.07) is 12.4. The third kappa shape index (κ3) is 5.11. The molecule has 2 aromatic carbocycles. The number of nitrogens with one attached hydrogen (secondary N) is 2. The van der Waals surface area contributed by atoms with E-state index < -0.39 is 0 Å². The highest BCUT2D eigenvalue weighted by Crippen LogP contribution is 2.24. The third-order valence-corrected chi connectivity index (χ3v) is 5.62. The number of carbonyl (C=O) groups is 3. The number of rotatable bonds is 7. The fourth-order valence-electron chi connectivity index (χ4n) is 3.71. The van der Waals surface area contributed by atoms with Gasteiger partial charge in [-0.05, 0) is 49.9 Å². The highest BCUT2D eigenvalue weighted by atomic mass is 16.2. The van der Waals surface area contributed by atoms with Crippen LogP contribution in [0.2, 0.25) is 0 Å². The molecule has 2 N–H and O–H groups in total. The Balaban J connectivity index is 1.61. The number of aryl methyl sites for hydroxylation is 2. The van der Waals surface area contributed by atoms with Crippen LogP contribution in [-0.4, -0.2) is 30.7 Å². The molecule has 1 saturated carbocycles. The largest absolute Gasteiger partial charge is 0.354 e. The minimum atomic E-state index is -0.312. The quantitative estimate of drug-likeness (QED) is 0.559. The molecule has 0 aromatic heterocycles. The van der Waals surface area contributed by atoms with Crippen molar-refractivity contribution in [1.29, 1.82) is 0 Å². The van der Waals surface area contributed by atoms with Crippen LogP contribution in [0.4, 0.5) is 0 Å². The lowest BCUT2D eigenvalue weighted by molar-refractivity contribution is -0.124. The third-order valence-electron chi connectivity index (χ3n) is 5.62. The van der Waals surface area contributed by atoms with Crippen LogP contribution in [0, 0.1) is 19.8 Å². The molecule has 5 nitrogen and oxygen atoms in total. The summed E-state index contributed by atoms with van der Waals surface area (Å²) >= 11 is 0. The molecular weight excluding hydrogens is 364 g/mol. The maximum atomic E-state index is 13.0. The zero-order chi connectivity index (χ0) is 20.8. The van der Waals surface area contributed by atoms with Gasteiger partial charge in [-0.15, -0.1) is 0 Å². The van der Waals surface area contributed by atoms with Gasteiger partial charge in [0.2, 0.25) is 5.91 Å². The number of amides is 2. The van der Waals surface area contributed by atoms with Gasteiger partial charge in [-0.1, -0.05) is 43.2 Å². The van der Waals surface area contributed by atoms with E-state index in [0.717, 1.165) is 36.8 Å². The van der Waals surface area contributed by atoms with Gasteiger partial charge in [0.25, 0.3) is 5.91 Å². The Kier molecular flexibility index (Phi) is 6.81. The molecule has 0 saturated heterocycles. The van der Waals surface area contributed by atoms with Gasteiger partial charge in [-0.3, -0.25) is 14.4 Å². The average Bonchev–Trinajstić information content (AvgIpc) is 3.27. The van der Waals surface area contributed by atoms with E-state index in [1.165, 1.54) is 0 Å². The summed E-state index contributed by atoms with van der Waals surface area (Å²) in [6.45, 7) is 4.67. The molecule has 1 fully saturated rings. The Morgan fingerprint density at radius 2 is 1.52 bits per heavy atom. The Bertz CT molecular complexity index is 914. The van der Waals surface area contributed by atoms with Crippen LogP contribution < -0.4 is 10.6 Å². The van der Waals surface area contributed by atoms with Crippen molar-refractivity contribution in [1.82, 2.24) is 10.6 Å². The molecule has 0 heterocycles. The van der Waals surface area contributed by atoms with Crippen molar-refractivity contribution in [2.24, 2.45) is 5.92 Å². The van der Waals surface area contributed by atoms with E-state index in [9.17, 15) is 14.4 Å². The molecule has 0 bridgehead atoms. The van der Waals surface area contributed by atoms with E-state index in [0.29, 0.717) is 29.8 Å². The topological polar surface area (TPSA) is 75.3 Å². The molecule has 0 radical (unpaired) electrons. The summed E-state index contributed by atoms with van der Waals surface area (Å²) in [5, 5.41) is 5.69. The molecule has 1 aliphatic carbocycles. The second-order valence-electron chi connectivity index (χ2n) is 7.70. The first-order valence-electron chi connectivity index (χ1n) is 10.2. The maximum Gasteiger partial charge on any atom is 0.252 e. The molecule has 0 unspecified atom stereocenters. The van der Waals surface area contributed by atoms with Crippen molar-refractivity contribution in [2.75, 3.05) is 13.1 Å². The number of benzene rings is 2. The van der Waals surface area contributed by atoms with Gasteiger partial charge in [-0.25, -0.2) is 0 Å². The lowest BCUT2D eigenvalue weighted by Crippen LogP contribution is -2.37. The average molecular weight is 392 g/mol. The molecular formula is C24H28N2O3. The lowest BCUT2D eigenvalue weighted by Gasteiger charge is -2.12. The van der Waals surface area contributed by atoms with Gasteiger partial charge < -0.3 is 10.6 Å². The summed E-state index contributed by atoms with van der Waals surface area (Å²) < 4.78 is 0. The molecule has 0 atom stereocenters. The van der Waals surface area contributed by atoms with Crippen LogP contribution in [0.1, 0.15) is 63.1 Å². The Hall–Kier alpha value is -2.95. The summed E-state index contributed by atoms with van der Waals surface area (Å²) in [6.07, 6.45) is 4.12. The summed E-state index contributed by atoms with van der Waals surface area (Å²) in [5.41, 5.74) is 3.45. The normalized spacial score (nSPS) is 13.9. The Morgan fingerprint density at radius 3 is 2.21 bits per heavy atom. The molecule has 0 aliphatic heterocycles. The second kappa shape index (κ2) is 9.50. The van der Waals surface area contributed by atoms with Crippen molar-refractivity contribution < 1.29 is 14.4 Å². The number of hydrogen-bond donors (Lipinski definition) is 2. The van der Waals surface area contributed by atoms with E-state index in [2.05, 4.69) is 10.6 Å². The van der Waals surface area contributed by atoms with Crippen LogP contribution in [0.5, 0.6) is 0 Å². The fourth-order valence-corrected chi connectivity index (χ4v) is 3.71. The van der Waals surface area contributed by atoms with E-state index >= 15 is 0 Å². The van der Waals surface area contributed by atoms with Gasteiger partial charge >= 0.3 is 0 Å². The molecule has 2 amide bonds. The highest BCUT2D eigenvalue weighted by Gasteiger charge is 2.22. The van der Waals surface area contributed by atoms with Crippen LogP contribution in [-0.2, 0) is 4.79 Å². The smallest absolute Gasteiger partial charge is 0.252 e. The molecule has 3 rings (SSSR count). The highest BCUT2D eigenvalue weighted by molar-refractivity contribution is 6.15. The van der Waals surface area contributed by atoms with E-state index in [1.54, 1.807) is 30.3 Å². The van der Waals surface area contributed by atoms with Gasteiger partial charge in [0, 0.05) is 30.1 Å².